The summed E-state index contributed by atoms with van der Waals surface area (Å²) in [5.41, 5.74) is 1.00. The van der Waals surface area contributed by atoms with Gasteiger partial charge >= 0.3 is 5.97 Å². The molecule has 4 atom stereocenters. The van der Waals surface area contributed by atoms with Crippen molar-refractivity contribution in [3.8, 4) is 0 Å². The summed E-state index contributed by atoms with van der Waals surface area (Å²) in [5.74, 6) is -1.78. The number of hydrogen-bond donors (Lipinski definition) is 0. The minimum Gasteiger partial charge on any atom is -0.460 e. The Morgan fingerprint density at radius 3 is 2.00 bits per heavy atom. The number of alkyl halides is 2. The summed E-state index contributed by atoms with van der Waals surface area (Å²) < 4.78 is 17.5. The van der Waals surface area contributed by atoms with Crippen molar-refractivity contribution in [2.45, 2.75) is 33.4 Å². The first kappa shape index (κ1) is 20.0. The molecule has 25 heavy (non-hydrogen) atoms. The van der Waals surface area contributed by atoms with E-state index >= 15 is 0 Å². The molecule has 2 aliphatic carbocycles. The fourth-order valence-corrected chi connectivity index (χ4v) is 8.98. The summed E-state index contributed by atoms with van der Waals surface area (Å²) in [6.45, 7) is 1.40. The van der Waals surface area contributed by atoms with Crippen LogP contribution in [-0.2, 0) is 19.0 Å². The lowest BCUT2D eigenvalue weighted by molar-refractivity contribution is -0.216. The number of rotatable bonds is 4. The normalized spacial score (nSPS) is 36.0. The SMILES string of the molecule is COC1(OC)C2(Br)C(Br)=C(Br)[C@@]1(Br)[C@@H](OC(C)=O)[C@H]2c1ccccc1. The molecule has 1 aromatic rings. The highest BCUT2D eigenvalue weighted by Gasteiger charge is 2.85. The lowest BCUT2D eigenvalue weighted by Crippen LogP contribution is -2.57. The third kappa shape index (κ3) is 2.30. The maximum Gasteiger partial charge on any atom is 0.302 e. The molecule has 3 rings (SSSR count). The largest absolute Gasteiger partial charge is 0.460 e. The van der Waals surface area contributed by atoms with Crippen LogP contribution < -0.4 is 0 Å². The Balaban J connectivity index is 2.33. The molecule has 0 heterocycles. The molecule has 1 aromatic carbocycles. The molecule has 0 aromatic heterocycles. The van der Waals surface area contributed by atoms with E-state index in [9.17, 15) is 4.79 Å². The molecule has 2 aliphatic rings. The van der Waals surface area contributed by atoms with Gasteiger partial charge in [-0.1, -0.05) is 94.1 Å². The quantitative estimate of drug-likeness (QED) is 0.277. The van der Waals surface area contributed by atoms with E-state index in [2.05, 4.69) is 63.7 Å². The lowest BCUT2D eigenvalue weighted by atomic mass is 9.84. The zero-order chi connectivity index (χ0) is 18.6. The summed E-state index contributed by atoms with van der Waals surface area (Å²) >= 11 is 15.1. The highest BCUT2D eigenvalue weighted by atomic mass is 79.9. The van der Waals surface area contributed by atoms with Gasteiger partial charge < -0.3 is 14.2 Å². The summed E-state index contributed by atoms with van der Waals surface area (Å²) in [7, 11) is 3.17. The molecule has 1 fully saturated rings. The predicted octanol–water partition coefficient (Wildman–Crippen LogP) is 4.99. The number of benzene rings is 1. The van der Waals surface area contributed by atoms with Gasteiger partial charge in [0.2, 0.25) is 5.79 Å². The van der Waals surface area contributed by atoms with Crippen LogP contribution in [0, 0.1) is 0 Å². The smallest absolute Gasteiger partial charge is 0.302 e. The zero-order valence-electron chi connectivity index (χ0n) is 13.7. The van der Waals surface area contributed by atoms with Crippen molar-refractivity contribution >= 4 is 69.7 Å². The van der Waals surface area contributed by atoms with Crippen LogP contribution in [0.4, 0.5) is 0 Å². The van der Waals surface area contributed by atoms with E-state index in [1.165, 1.54) is 6.92 Å². The lowest BCUT2D eigenvalue weighted by Gasteiger charge is -2.41. The molecule has 1 saturated carbocycles. The molecule has 0 saturated heterocycles. The molecule has 2 bridgehead atoms. The van der Waals surface area contributed by atoms with Gasteiger partial charge in [-0.05, 0) is 5.56 Å². The van der Waals surface area contributed by atoms with Crippen molar-refractivity contribution in [2.75, 3.05) is 14.2 Å². The van der Waals surface area contributed by atoms with E-state index in [0.717, 1.165) is 14.5 Å². The second-order valence-electron chi connectivity index (χ2n) is 5.99. The fraction of sp³-hybridized carbons (Fsp3) is 0.471. The highest BCUT2D eigenvalue weighted by Crippen LogP contribution is 2.76. The highest BCUT2D eigenvalue weighted by molar-refractivity contribution is 9.16. The first-order valence-corrected chi connectivity index (χ1v) is 10.7. The molecular formula is C17H16Br4O4. The van der Waals surface area contributed by atoms with E-state index in [1.807, 2.05) is 30.3 Å². The van der Waals surface area contributed by atoms with Crippen molar-refractivity contribution in [3.05, 3.63) is 44.9 Å². The molecule has 0 amide bonds. The van der Waals surface area contributed by atoms with Gasteiger partial charge in [-0.3, -0.25) is 4.79 Å². The third-order valence-corrected chi connectivity index (χ3v) is 11.4. The standard InChI is InChI=1S/C17H16Br4O4/c1-9(22)25-14-11(10-7-5-4-6-8-10)15(20)12(18)13(19)16(14,21)17(15,23-2)24-3/h4-8,11,14H,1-3H3/t11-,14+,15?,16-/m1/s1. The maximum absolute atomic E-state index is 11.9. The monoisotopic (exact) mass is 600 g/mol. The van der Waals surface area contributed by atoms with Crippen LogP contribution in [0.3, 0.4) is 0 Å². The van der Waals surface area contributed by atoms with Gasteiger partial charge in [0.05, 0.1) is 0 Å². The average molecular weight is 604 g/mol. The Labute approximate surface area is 180 Å². The zero-order valence-corrected chi connectivity index (χ0v) is 20.0. The first-order valence-electron chi connectivity index (χ1n) is 7.48. The van der Waals surface area contributed by atoms with Gasteiger partial charge in [0.15, 0.2) is 4.32 Å². The van der Waals surface area contributed by atoms with Crippen LogP contribution in [-0.4, -0.2) is 40.7 Å². The molecule has 136 valence electrons. The van der Waals surface area contributed by atoms with Gasteiger partial charge in [0.1, 0.15) is 10.4 Å². The predicted molar refractivity (Wildman–Crippen MR) is 110 cm³/mol. The molecular weight excluding hydrogens is 588 g/mol. The minimum atomic E-state index is -1.15. The van der Waals surface area contributed by atoms with Crippen LogP contribution in [0.15, 0.2) is 39.3 Å². The molecule has 0 radical (unpaired) electrons. The van der Waals surface area contributed by atoms with Crippen LogP contribution in [0.5, 0.6) is 0 Å². The number of fused-ring (bicyclic) bond motifs is 2. The van der Waals surface area contributed by atoms with Crippen LogP contribution in [0.25, 0.3) is 0 Å². The summed E-state index contributed by atoms with van der Waals surface area (Å²) in [5, 5.41) is 0. The van der Waals surface area contributed by atoms with E-state index in [4.69, 9.17) is 14.2 Å². The third-order valence-electron chi connectivity index (χ3n) is 4.94. The van der Waals surface area contributed by atoms with Crippen molar-refractivity contribution in [3.63, 3.8) is 0 Å². The van der Waals surface area contributed by atoms with E-state index in [0.29, 0.717) is 0 Å². The molecule has 0 aliphatic heterocycles. The van der Waals surface area contributed by atoms with E-state index < -0.39 is 20.5 Å². The number of esters is 1. The molecule has 1 unspecified atom stereocenters. The number of hydrogen-bond acceptors (Lipinski definition) is 4. The average Bonchev–Trinajstić information content (AvgIpc) is 2.84. The number of ether oxygens (including phenoxy) is 3. The molecule has 8 heteroatoms. The van der Waals surface area contributed by atoms with E-state index in [1.54, 1.807) is 14.2 Å². The number of carbonyl (C=O) groups excluding carboxylic acids is 1. The molecule has 0 N–H and O–H groups in total. The second kappa shape index (κ2) is 6.71. The van der Waals surface area contributed by atoms with Crippen LogP contribution in [0.1, 0.15) is 18.4 Å². The number of halogens is 4. The Morgan fingerprint density at radius 2 is 1.52 bits per heavy atom. The molecule has 4 nitrogen and oxygen atoms in total. The topological polar surface area (TPSA) is 44.8 Å². The Kier molecular flexibility index (Phi) is 5.37. The van der Waals surface area contributed by atoms with Crippen LogP contribution in [0.2, 0.25) is 0 Å². The van der Waals surface area contributed by atoms with E-state index in [-0.39, 0.29) is 11.9 Å². The summed E-state index contributed by atoms with van der Waals surface area (Å²) in [6.07, 6.45) is -0.567. The Morgan fingerprint density at radius 1 is 1.00 bits per heavy atom. The van der Waals surface area contributed by atoms with Gasteiger partial charge in [-0.15, -0.1) is 0 Å². The first-order chi connectivity index (χ1) is 11.7. The van der Waals surface area contributed by atoms with Crippen molar-refractivity contribution in [2.24, 2.45) is 0 Å². The van der Waals surface area contributed by atoms with Gasteiger partial charge in [0, 0.05) is 36.0 Å². The fourth-order valence-electron chi connectivity index (χ4n) is 4.04. The minimum absolute atomic E-state index is 0.257. The van der Waals surface area contributed by atoms with Crippen molar-refractivity contribution < 1.29 is 19.0 Å². The maximum atomic E-state index is 11.9. The van der Waals surface area contributed by atoms with Gasteiger partial charge in [-0.25, -0.2) is 0 Å². The summed E-state index contributed by atoms with van der Waals surface area (Å²) in [6, 6.07) is 9.87. The Bertz CT molecular complexity index is 733. The Hall–Kier alpha value is 0.270. The van der Waals surface area contributed by atoms with Crippen molar-refractivity contribution in [1.29, 1.82) is 0 Å². The van der Waals surface area contributed by atoms with Crippen molar-refractivity contribution in [1.82, 2.24) is 0 Å². The number of carbonyl (C=O) groups is 1. The summed E-state index contributed by atoms with van der Waals surface area (Å²) in [4.78, 5) is 11.9. The van der Waals surface area contributed by atoms with Crippen LogP contribution >= 0.6 is 63.7 Å². The molecule has 0 spiro atoms. The number of methoxy groups -OCH3 is 2. The van der Waals surface area contributed by atoms with Gasteiger partial charge in [-0.2, -0.15) is 0 Å². The second-order valence-corrected chi connectivity index (χ2v) is 10.1. The van der Waals surface area contributed by atoms with Gasteiger partial charge in [0.25, 0.3) is 0 Å².